The van der Waals surface area contributed by atoms with E-state index in [0.717, 1.165) is 41.1 Å². The number of nitrogens with zero attached hydrogens (tertiary/aromatic N) is 4. The Morgan fingerprint density at radius 3 is 2.74 bits per heavy atom. The number of carbonyl (C=O) groups excluding carboxylic acids is 2. The van der Waals surface area contributed by atoms with Crippen molar-refractivity contribution >= 4 is 34.7 Å². The lowest BCUT2D eigenvalue weighted by atomic mass is 9.94. The smallest absolute Gasteiger partial charge is 0.237 e. The zero-order valence-electron chi connectivity index (χ0n) is 20.2. The summed E-state index contributed by atoms with van der Waals surface area (Å²) in [5.74, 6) is 1.76. The maximum Gasteiger partial charge on any atom is 0.237 e. The minimum absolute atomic E-state index is 0.129. The number of amides is 2. The minimum Gasteiger partial charge on any atom is -0.485 e. The van der Waals surface area contributed by atoms with Crippen LogP contribution in [0.3, 0.4) is 0 Å². The van der Waals surface area contributed by atoms with Crippen LogP contribution in [0.4, 0.5) is 22.9 Å². The third-order valence-electron chi connectivity index (χ3n) is 6.45. The molecule has 0 aliphatic carbocycles. The van der Waals surface area contributed by atoms with Gasteiger partial charge < -0.3 is 24.6 Å². The predicted molar refractivity (Wildman–Crippen MR) is 133 cm³/mol. The molecule has 2 aliphatic heterocycles. The van der Waals surface area contributed by atoms with Gasteiger partial charge in [-0.1, -0.05) is 0 Å². The van der Waals surface area contributed by atoms with Crippen LogP contribution in [0.1, 0.15) is 38.4 Å². The molecule has 1 saturated heterocycles. The number of hydrogen-bond donors (Lipinski definition) is 1. The molecule has 0 radical (unpaired) electrons. The van der Waals surface area contributed by atoms with Crippen LogP contribution >= 0.6 is 0 Å². The van der Waals surface area contributed by atoms with Crippen LogP contribution in [0.15, 0.2) is 42.7 Å². The maximum atomic E-state index is 12.2. The number of fused-ring (bicyclic) bond motifs is 3. The molecule has 2 amide bonds. The molecule has 5 rings (SSSR count). The lowest BCUT2D eigenvalue weighted by molar-refractivity contribution is -0.117. The molecule has 9 nitrogen and oxygen atoms in total. The summed E-state index contributed by atoms with van der Waals surface area (Å²) in [6.45, 7) is 4.22. The molecule has 180 valence electrons. The Kier molecular flexibility index (Phi) is 5.76. The molecule has 2 aromatic heterocycles. The molecule has 0 spiro atoms. The highest BCUT2D eigenvalue weighted by Crippen LogP contribution is 2.44. The Balaban J connectivity index is 1.44. The number of carbonyl (C=O) groups is 2. The average molecular weight is 474 g/mol. The number of pyridine rings is 2. The van der Waals surface area contributed by atoms with Gasteiger partial charge in [0.2, 0.25) is 17.7 Å². The van der Waals surface area contributed by atoms with Crippen molar-refractivity contribution in [2.45, 2.75) is 32.8 Å². The van der Waals surface area contributed by atoms with Crippen molar-refractivity contribution in [2.75, 3.05) is 35.8 Å². The van der Waals surface area contributed by atoms with E-state index in [1.165, 1.54) is 18.9 Å². The van der Waals surface area contributed by atoms with Crippen molar-refractivity contribution in [3.63, 3.8) is 0 Å². The quantitative estimate of drug-likeness (QED) is 0.584. The molecular weight excluding hydrogens is 446 g/mol. The summed E-state index contributed by atoms with van der Waals surface area (Å²) in [5.41, 5.74) is 5.04. The van der Waals surface area contributed by atoms with E-state index in [1.54, 1.807) is 19.3 Å². The molecular formula is C26H27N5O4. The molecule has 1 atom stereocenters. The largest absolute Gasteiger partial charge is 0.485 e. The van der Waals surface area contributed by atoms with Crippen LogP contribution in [0.5, 0.6) is 11.6 Å². The molecule has 0 bridgehead atoms. The summed E-state index contributed by atoms with van der Waals surface area (Å²) < 4.78 is 11.5. The number of benzene rings is 1. The van der Waals surface area contributed by atoms with E-state index in [0.29, 0.717) is 29.5 Å². The Morgan fingerprint density at radius 1 is 1.20 bits per heavy atom. The molecule has 1 aromatic carbocycles. The van der Waals surface area contributed by atoms with Crippen LogP contribution < -0.4 is 24.6 Å². The lowest BCUT2D eigenvalue weighted by Gasteiger charge is -2.28. The summed E-state index contributed by atoms with van der Waals surface area (Å²) >= 11 is 0. The molecule has 1 N–H and O–H groups in total. The minimum atomic E-state index is -0.195. The first-order chi connectivity index (χ1) is 16.9. The number of aromatic nitrogens is 2. The van der Waals surface area contributed by atoms with Crippen molar-refractivity contribution in [2.24, 2.45) is 0 Å². The van der Waals surface area contributed by atoms with Gasteiger partial charge in [0.25, 0.3) is 0 Å². The highest BCUT2D eigenvalue weighted by Gasteiger charge is 2.27. The number of methoxy groups -OCH3 is 1. The first-order valence-corrected chi connectivity index (χ1v) is 11.5. The summed E-state index contributed by atoms with van der Waals surface area (Å²) in [4.78, 5) is 36.3. The number of rotatable bonds is 5. The molecule has 35 heavy (non-hydrogen) atoms. The van der Waals surface area contributed by atoms with Gasteiger partial charge >= 0.3 is 0 Å². The van der Waals surface area contributed by atoms with E-state index >= 15 is 0 Å². The van der Waals surface area contributed by atoms with Gasteiger partial charge in [-0.2, -0.15) is 0 Å². The zero-order valence-corrected chi connectivity index (χ0v) is 20.2. The third-order valence-corrected chi connectivity index (χ3v) is 6.45. The van der Waals surface area contributed by atoms with Crippen molar-refractivity contribution in [3.05, 3.63) is 48.3 Å². The number of ether oxygens (including phenoxy) is 2. The molecule has 1 fully saturated rings. The fraction of sp³-hybridized carbons (Fsp3) is 0.308. The molecule has 4 heterocycles. The molecule has 0 saturated carbocycles. The van der Waals surface area contributed by atoms with E-state index in [1.807, 2.05) is 42.3 Å². The summed E-state index contributed by atoms with van der Waals surface area (Å²) in [5, 5.41) is 3.27. The zero-order chi connectivity index (χ0) is 24.7. The Morgan fingerprint density at radius 2 is 2.03 bits per heavy atom. The first-order valence-electron chi connectivity index (χ1n) is 11.5. The van der Waals surface area contributed by atoms with Crippen molar-refractivity contribution in [1.29, 1.82) is 0 Å². The molecule has 1 unspecified atom stereocenters. The average Bonchev–Trinajstić information content (AvgIpc) is 3.29. The van der Waals surface area contributed by atoms with Gasteiger partial charge in [0, 0.05) is 61.6 Å². The lowest BCUT2D eigenvalue weighted by Crippen LogP contribution is -2.24. The molecule has 3 aromatic rings. The molecule has 9 heteroatoms. The SMILES string of the molecule is COc1ncc(Nc2cc3c(cn2)-c2ccc(N4CCCC4=O)cc2OC3C)cc1N(C)C(C)=O. The van der Waals surface area contributed by atoms with Crippen LogP contribution in [-0.4, -0.2) is 42.5 Å². The van der Waals surface area contributed by atoms with Gasteiger partial charge in [0.05, 0.1) is 19.0 Å². The summed E-state index contributed by atoms with van der Waals surface area (Å²) in [6.07, 6.45) is 4.74. The monoisotopic (exact) mass is 473 g/mol. The van der Waals surface area contributed by atoms with E-state index in [4.69, 9.17) is 9.47 Å². The van der Waals surface area contributed by atoms with Gasteiger partial charge in [-0.15, -0.1) is 0 Å². The Bertz CT molecular complexity index is 1330. The van der Waals surface area contributed by atoms with Crippen LogP contribution in [0.25, 0.3) is 11.1 Å². The number of nitrogens with one attached hydrogen (secondary N) is 1. The standard InChI is InChI=1S/C26H27N5O4/c1-15-20-12-24(29-17-10-22(30(3)16(2)32)26(34-4)28-13-17)27-14-21(20)19-8-7-18(11-23(19)35-15)31-9-5-6-25(31)33/h7-8,10-15H,5-6,9H2,1-4H3,(H,27,29). The highest BCUT2D eigenvalue weighted by molar-refractivity contribution is 5.96. The van der Waals surface area contributed by atoms with Crippen LogP contribution in [0.2, 0.25) is 0 Å². The summed E-state index contributed by atoms with van der Waals surface area (Å²) in [7, 11) is 3.19. The Hall–Kier alpha value is -4.14. The van der Waals surface area contributed by atoms with Crippen molar-refractivity contribution < 1.29 is 19.1 Å². The van der Waals surface area contributed by atoms with E-state index < -0.39 is 0 Å². The fourth-order valence-corrected chi connectivity index (χ4v) is 4.50. The van der Waals surface area contributed by atoms with Crippen molar-refractivity contribution in [1.82, 2.24) is 9.97 Å². The van der Waals surface area contributed by atoms with Gasteiger partial charge in [0.1, 0.15) is 23.4 Å². The number of anilines is 4. The van der Waals surface area contributed by atoms with Crippen LogP contribution in [-0.2, 0) is 9.59 Å². The van der Waals surface area contributed by atoms with E-state index in [9.17, 15) is 9.59 Å². The normalized spacial score (nSPS) is 16.3. The number of hydrogen-bond acceptors (Lipinski definition) is 7. The topological polar surface area (TPSA) is 96.9 Å². The predicted octanol–water partition coefficient (Wildman–Crippen LogP) is 4.46. The third kappa shape index (κ3) is 4.14. The van der Waals surface area contributed by atoms with Gasteiger partial charge in [-0.05, 0) is 37.6 Å². The maximum absolute atomic E-state index is 12.2. The van der Waals surface area contributed by atoms with Gasteiger partial charge in [-0.25, -0.2) is 9.97 Å². The van der Waals surface area contributed by atoms with Crippen molar-refractivity contribution in [3.8, 4) is 22.8 Å². The second-order valence-corrected chi connectivity index (χ2v) is 8.70. The van der Waals surface area contributed by atoms with Gasteiger partial charge in [0.15, 0.2) is 0 Å². The summed E-state index contributed by atoms with van der Waals surface area (Å²) in [6, 6.07) is 9.66. The second kappa shape index (κ2) is 8.90. The van der Waals surface area contributed by atoms with E-state index in [2.05, 4.69) is 15.3 Å². The highest BCUT2D eigenvalue weighted by atomic mass is 16.5. The van der Waals surface area contributed by atoms with Gasteiger partial charge in [-0.3, -0.25) is 9.59 Å². The van der Waals surface area contributed by atoms with Crippen LogP contribution in [0, 0.1) is 0 Å². The molecule has 2 aliphatic rings. The van der Waals surface area contributed by atoms with E-state index in [-0.39, 0.29) is 17.9 Å². The second-order valence-electron chi connectivity index (χ2n) is 8.70. The first kappa shape index (κ1) is 22.6. The fourth-order valence-electron chi connectivity index (χ4n) is 4.50. The Labute approximate surface area is 203 Å².